The maximum atomic E-state index is 12.4. The van der Waals surface area contributed by atoms with Crippen molar-refractivity contribution in [2.75, 3.05) is 5.32 Å². The molecular formula is C20H15BrN2O4. The minimum absolute atomic E-state index is 0.0825. The fourth-order valence-electron chi connectivity index (χ4n) is 2.51. The van der Waals surface area contributed by atoms with Crippen LogP contribution in [0, 0.1) is 17.0 Å². The number of benzene rings is 3. The minimum atomic E-state index is -0.500. The first-order valence-electron chi connectivity index (χ1n) is 8.03. The van der Waals surface area contributed by atoms with Gasteiger partial charge in [0.2, 0.25) is 0 Å². The second-order valence-electron chi connectivity index (χ2n) is 5.74. The summed E-state index contributed by atoms with van der Waals surface area (Å²) in [6, 6.07) is 18.7. The van der Waals surface area contributed by atoms with E-state index in [-0.39, 0.29) is 11.3 Å². The van der Waals surface area contributed by atoms with Crippen LogP contribution in [0.1, 0.15) is 15.9 Å². The number of halogens is 1. The summed E-state index contributed by atoms with van der Waals surface area (Å²) in [5.74, 6) is 0.918. The number of nitro benzene ring substituents is 1. The van der Waals surface area contributed by atoms with E-state index in [1.165, 1.54) is 12.1 Å². The summed E-state index contributed by atoms with van der Waals surface area (Å²) in [5.41, 5.74) is 1.07. The topological polar surface area (TPSA) is 81.5 Å². The fraction of sp³-hybridized carbons (Fsp3) is 0.0500. The van der Waals surface area contributed by atoms with Gasteiger partial charge in [0.05, 0.1) is 4.92 Å². The van der Waals surface area contributed by atoms with E-state index >= 15 is 0 Å². The Morgan fingerprint density at radius 2 is 1.59 bits per heavy atom. The molecule has 0 fully saturated rings. The predicted molar refractivity (Wildman–Crippen MR) is 106 cm³/mol. The number of carbonyl (C=O) groups is 1. The van der Waals surface area contributed by atoms with Gasteiger partial charge in [0.25, 0.3) is 11.6 Å². The van der Waals surface area contributed by atoms with Crippen molar-refractivity contribution in [3.05, 3.63) is 92.4 Å². The molecule has 1 N–H and O–H groups in total. The van der Waals surface area contributed by atoms with Crippen LogP contribution in [0.5, 0.6) is 11.5 Å². The summed E-state index contributed by atoms with van der Waals surface area (Å²) >= 11 is 3.37. The van der Waals surface area contributed by atoms with Crippen molar-refractivity contribution < 1.29 is 14.5 Å². The summed E-state index contributed by atoms with van der Waals surface area (Å²) < 4.78 is 6.69. The lowest BCUT2D eigenvalue weighted by molar-refractivity contribution is -0.385. The van der Waals surface area contributed by atoms with Crippen molar-refractivity contribution in [1.82, 2.24) is 0 Å². The number of rotatable bonds is 5. The monoisotopic (exact) mass is 426 g/mol. The van der Waals surface area contributed by atoms with Crippen LogP contribution in [0.15, 0.2) is 71.2 Å². The molecule has 7 heteroatoms. The minimum Gasteiger partial charge on any atom is -0.457 e. The summed E-state index contributed by atoms with van der Waals surface area (Å²) in [6.45, 7) is 1.56. The van der Waals surface area contributed by atoms with Crippen molar-refractivity contribution in [2.45, 2.75) is 6.92 Å². The highest BCUT2D eigenvalue weighted by Crippen LogP contribution is 2.25. The number of amides is 1. The van der Waals surface area contributed by atoms with Gasteiger partial charge in [-0.1, -0.05) is 22.0 Å². The average molecular weight is 427 g/mol. The van der Waals surface area contributed by atoms with E-state index in [9.17, 15) is 14.9 Å². The molecule has 136 valence electrons. The molecule has 0 aromatic heterocycles. The zero-order valence-corrected chi connectivity index (χ0v) is 15.9. The Balaban J connectivity index is 1.71. The van der Waals surface area contributed by atoms with Gasteiger partial charge >= 0.3 is 0 Å². The molecule has 0 atom stereocenters. The number of ether oxygens (including phenoxy) is 1. The number of nitro groups is 1. The Morgan fingerprint density at radius 1 is 1.00 bits per heavy atom. The SMILES string of the molecule is Cc1c(C(=O)Nc2ccc(Oc3ccc(Br)cc3)cc2)cccc1[N+](=O)[O-]. The smallest absolute Gasteiger partial charge is 0.273 e. The molecule has 1 amide bonds. The average Bonchev–Trinajstić information content (AvgIpc) is 2.65. The van der Waals surface area contributed by atoms with Crippen LogP contribution < -0.4 is 10.1 Å². The van der Waals surface area contributed by atoms with Crippen molar-refractivity contribution in [3.63, 3.8) is 0 Å². The van der Waals surface area contributed by atoms with Gasteiger partial charge < -0.3 is 10.1 Å². The molecule has 0 bridgehead atoms. The fourth-order valence-corrected chi connectivity index (χ4v) is 2.78. The lowest BCUT2D eigenvalue weighted by Gasteiger charge is -2.09. The van der Waals surface area contributed by atoms with Crippen LogP contribution in [0.2, 0.25) is 0 Å². The lowest BCUT2D eigenvalue weighted by atomic mass is 10.1. The molecule has 0 aliphatic carbocycles. The van der Waals surface area contributed by atoms with Gasteiger partial charge in [0.15, 0.2) is 0 Å². The quantitative estimate of drug-likeness (QED) is 0.418. The highest BCUT2D eigenvalue weighted by molar-refractivity contribution is 9.10. The number of nitrogens with zero attached hydrogens (tertiary/aromatic N) is 1. The molecule has 0 unspecified atom stereocenters. The normalized spacial score (nSPS) is 10.3. The van der Waals surface area contributed by atoms with Crippen molar-refractivity contribution in [3.8, 4) is 11.5 Å². The standard InChI is InChI=1S/C20H15BrN2O4/c1-13-18(3-2-4-19(13)23(25)26)20(24)22-15-7-11-17(12-8-15)27-16-9-5-14(21)6-10-16/h2-12H,1H3,(H,22,24). The molecule has 3 rings (SSSR count). The summed E-state index contributed by atoms with van der Waals surface area (Å²) in [6.07, 6.45) is 0. The van der Waals surface area contributed by atoms with Crippen molar-refractivity contribution in [2.24, 2.45) is 0 Å². The number of carbonyl (C=O) groups excluding carboxylic acids is 1. The Labute approximate surface area is 164 Å². The number of nitrogens with one attached hydrogen (secondary N) is 1. The Morgan fingerprint density at radius 3 is 2.19 bits per heavy atom. The van der Waals surface area contributed by atoms with Gasteiger partial charge in [0.1, 0.15) is 11.5 Å². The van der Waals surface area contributed by atoms with Gasteiger partial charge in [0, 0.05) is 27.4 Å². The molecule has 6 nitrogen and oxygen atoms in total. The third-order valence-corrected chi connectivity index (χ3v) is 4.44. The van der Waals surface area contributed by atoms with Crippen LogP contribution in [-0.4, -0.2) is 10.8 Å². The van der Waals surface area contributed by atoms with E-state index in [0.717, 1.165) is 4.47 Å². The van der Waals surface area contributed by atoms with Gasteiger partial charge in [-0.25, -0.2) is 0 Å². The van der Waals surface area contributed by atoms with E-state index in [2.05, 4.69) is 21.2 Å². The maximum Gasteiger partial charge on any atom is 0.273 e. The van der Waals surface area contributed by atoms with Gasteiger partial charge in [-0.15, -0.1) is 0 Å². The zero-order valence-electron chi connectivity index (χ0n) is 14.3. The first-order valence-corrected chi connectivity index (χ1v) is 8.82. The third kappa shape index (κ3) is 4.51. The predicted octanol–water partition coefficient (Wildman–Crippen LogP) is 5.71. The van der Waals surface area contributed by atoms with Crippen molar-refractivity contribution in [1.29, 1.82) is 0 Å². The van der Waals surface area contributed by atoms with Crippen LogP contribution in [0.3, 0.4) is 0 Å². The van der Waals surface area contributed by atoms with E-state index < -0.39 is 10.8 Å². The van der Waals surface area contributed by atoms with E-state index in [4.69, 9.17) is 4.74 Å². The molecule has 0 saturated carbocycles. The largest absolute Gasteiger partial charge is 0.457 e. The van der Waals surface area contributed by atoms with Gasteiger partial charge in [-0.05, 0) is 61.5 Å². The Kier molecular flexibility index (Phi) is 5.52. The number of hydrogen-bond donors (Lipinski definition) is 1. The van der Waals surface area contributed by atoms with E-state index in [0.29, 0.717) is 22.7 Å². The van der Waals surface area contributed by atoms with Crippen molar-refractivity contribution >= 4 is 33.2 Å². The zero-order chi connectivity index (χ0) is 19.4. The first kappa shape index (κ1) is 18.6. The van der Waals surface area contributed by atoms with Crippen LogP contribution in [0.4, 0.5) is 11.4 Å². The molecule has 3 aromatic carbocycles. The second kappa shape index (κ2) is 8.01. The molecule has 0 saturated heterocycles. The summed E-state index contributed by atoms with van der Waals surface area (Å²) in [7, 11) is 0. The summed E-state index contributed by atoms with van der Waals surface area (Å²) in [4.78, 5) is 23.0. The van der Waals surface area contributed by atoms with Crippen LogP contribution in [0.25, 0.3) is 0 Å². The molecule has 0 aliphatic heterocycles. The van der Waals surface area contributed by atoms with Gasteiger partial charge in [-0.3, -0.25) is 14.9 Å². The molecule has 3 aromatic rings. The van der Waals surface area contributed by atoms with Crippen LogP contribution >= 0.6 is 15.9 Å². The van der Waals surface area contributed by atoms with E-state index in [1.54, 1.807) is 37.3 Å². The Hall–Kier alpha value is -3.19. The molecule has 27 heavy (non-hydrogen) atoms. The number of hydrogen-bond acceptors (Lipinski definition) is 4. The first-order chi connectivity index (χ1) is 12.9. The highest BCUT2D eigenvalue weighted by Gasteiger charge is 2.18. The third-order valence-electron chi connectivity index (χ3n) is 3.91. The summed E-state index contributed by atoms with van der Waals surface area (Å²) in [5, 5.41) is 13.8. The Bertz CT molecular complexity index is 986. The molecule has 0 spiro atoms. The lowest BCUT2D eigenvalue weighted by Crippen LogP contribution is -2.14. The highest BCUT2D eigenvalue weighted by atomic mass is 79.9. The second-order valence-corrected chi connectivity index (χ2v) is 6.66. The maximum absolute atomic E-state index is 12.4. The van der Waals surface area contributed by atoms with Gasteiger partial charge in [-0.2, -0.15) is 0 Å². The molecule has 0 radical (unpaired) electrons. The molecule has 0 aliphatic rings. The number of anilines is 1. The van der Waals surface area contributed by atoms with Crippen LogP contribution in [-0.2, 0) is 0 Å². The molecular weight excluding hydrogens is 412 g/mol. The molecule has 0 heterocycles. The van der Waals surface area contributed by atoms with E-state index in [1.807, 2.05) is 24.3 Å².